The van der Waals surface area contributed by atoms with Crippen molar-refractivity contribution in [1.29, 1.82) is 5.26 Å². The fourth-order valence-corrected chi connectivity index (χ4v) is 4.13. The number of amides is 1. The Morgan fingerprint density at radius 2 is 1.94 bits per heavy atom. The van der Waals surface area contributed by atoms with Crippen LogP contribution in [0, 0.1) is 17.2 Å². The highest BCUT2D eigenvalue weighted by Gasteiger charge is 2.27. The molecule has 0 aromatic heterocycles. The van der Waals surface area contributed by atoms with Crippen molar-refractivity contribution in [2.75, 3.05) is 5.32 Å². The lowest BCUT2D eigenvalue weighted by molar-refractivity contribution is -0.131. The zero-order valence-electron chi connectivity index (χ0n) is 16.5. The number of aromatic hydroxyl groups is 1. The number of halogens is 2. The Labute approximate surface area is 196 Å². The summed E-state index contributed by atoms with van der Waals surface area (Å²) in [6.45, 7) is 1.85. The van der Waals surface area contributed by atoms with Gasteiger partial charge in [-0.1, -0.05) is 28.9 Å². The van der Waals surface area contributed by atoms with Crippen LogP contribution in [0.25, 0.3) is 0 Å². The maximum absolute atomic E-state index is 12.6. The molecule has 7 nitrogen and oxygen atoms in total. The van der Waals surface area contributed by atoms with Crippen molar-refractivity contribution in [1.82, 2.24) is 0 Å². The number of aliphatic carboxylic acids is 1. The summed E-state index contributed by atoms with van der Waals surface area (Å²) in [5.41, 5.74) is 1.33. The standard InChI is InChI=1S/C22H20Br2N2O5/c1-13(4-2-3-5-19(27)28)21(17-10-15(23)11-18(24)20(17)29)31-22(30)26-16-8-6-14(12-25)7-9-16/h3,5-11,13,21,29H,2,4H2,1H3,(H,26,30)(H,27,28)/b5-3+/t13-,21+/m1/s1. The van der Waals surface area contributed by atoms with E-state index in [4.69, 9.17) is 15.1 Å². The first-order valence-electron chi connectivity index (χ1n) is 9.26. The van der Waals surface area contributed by atoms with Gasteiger partial charge in [-0.2, -0.15) is 5.26 Å². The van der Waals surface area contributed by atoms with E-state index in [1.165, 1.54) is 6.08 Å². The number of phenols is 1. The highest BCUT2D eigenvalue weighted by molar-refractivity contribution is 9.11. The van der Waals surface area contributed by atoms with Crippen molar-refractivity contribution in [3.8, 4) is 11.8 Å². The lowest BCUT2D eigenvalue weighted by Crippen LogP contribution is -2.22. The van der Waals surface area contributed by atoms with E-state index in [1.54, 1.807) is 36.4 Å². The number of phenolic OH excluding ortho intramolecular Hbond substituents is 1. The highest BCUT2D eigenvalue weighted by Crippen LogP contribution is 2.40. The molecule has 0 unspecified atom stereocenters. The normalized spacial score (nSPS) is 12.7. The summed E-state index contributed by atoms with van der Waals surface area (Å²) >= 11 is 6.67. The largest absolute Gasteiger partial charge is 0.506 e. The summed E-state index contributed by atoms with van der Waals surface area (Å²) < 4.78 is 6.80. The first-order valence-corrected chi connectivity index (χ1v) is 10.8. The van der Waals surface area contributed by atoms with Crippen LogP contribution in [0.4, 0.5) is 10.5 Å². The van der Waals surface area contributed by atoms with Crippen molar-refractivity contribution >= 4 is 49.6 Å². The Morgan fingerprint density at radius 3 is 2.55 bits per heavy atom. The van der Waals surface area contributed by atoms with Gasteiger partial charge in [0.2, 0.25) is 0 Å². The van der Waals surface area contributed by atoms with Crippen LogP contribution in [0.2, 0.25) is 0 Å². The minimum absolute atomic E-state index is 0.0488. The molecule has 0 aliphatic rings. The van der Waals surface area contributed by atoms with E-state index in [9.17, 15) is 14.7 Å². The smallest absolute Gasteiger partial charge is 0.412 e. The molecule has 0 heterocycles. The number of carboxylic acids is 1. The quantitative estimate of drug-likeness (QED) is 0.339. The summed E-state index contributed by atoms with van der Waals surface area (Å²) in [7, 11) is 0. The first-order chi connectivity index (χ1) is 14.7. The third kappa shape index (κ3) is 7.42. The van der Waals surface area contributed by atoms with Gasteiger partial charge in [-0.15, -0.1) is 0 Å². The van der Waals surface area contributed by atoms with Crippen molar-refractivity contribution in [3.63, 3.8) is 0 Å². The van der Waals surface area contributed by atoms with Gasteiger partial charge >= 0.3 is 12.1 Å². The van der Waals surface area contributed by atoms with Crippen LogP contribution >= 0.6 is 31.9 Å². The summed E-state index contributed by atoms with van der Waals surface area (Å²) in [5.74, 6) is -1.32. The fraction of sp³-hybridized carbons (Fsp3) is 0.227. The van der Waals surface area contributed by atoms with Gasteiger partial charge < -0.3 is 14.9 Å². The molecule has 0 spiro atoms. The molecular weight excluding hydrogens is 532 g/mol. The van der Waals surface area contributed by atoms with Crippen LogP contribution in [0.15, 0.2) is 57.5 Å². The number of ether oxygens (including phenoxy) is 1. The molecule has 0 radical (unpaired) electrons. The second-order valence-corrected chi connectivity index (χ2v) is 8.53. The Morgan fingerprint density at radius 1 is 1.26 bits per heavy atom. The average Bonchev–Trinajstić information content (AvgIpc) is 2.72. The van der Waals surface area contributed by atoms with Gasteiger partial charge in [0, 0.05) is 21.8 Å². The van der Waals surface area contributed by atoms with Gasteiger partial charge in [-0.25, -0.2) is 9.59 Å². The monoisotopic (exact) mass is 550 g/mol. The maximum Gasteiger partial charge on any atom is 0.412 e. The number of carbonyl (C=O) groups is 2. The Kier molecular flexibility index (Phi) is 9.09. The van der Waals surface area contributed by atoms with Crippen LogP contribution in [0.1, 0.15) is 37.0 Å². The van der Waals surface area contributed by atoms with E-state index in [2.05, 4.69) is 37.2 Å². The molecular formula is C22H20Br2N2O5. The Balaban J connectivity index is 2.23. The predicted octanol–water partition coefficient (Wildman–Crippen LogP) is 6.14. The average molecular weight is 552 g/mol. The van der Waals surface area contributed by atoms with Crippen LogP contribution in [-0.2, 0) is 9.53 Å². The van der Waals surface area contributed by atoms with Crippen LogP contribution in [0.3, 0.4) is 0 Å². The van der Waals surface area contributed by atoms with E-state index >= 15 is 0 Å². The van der Waals surface area contributed by atoms with Gasteiger partial charge in [0.05, 0.1) is 16.1 Å². The zero-order valence-corrected chi connectivity index (χ0v) is 19.7. The minimum atomic E-state index is -1.03. The SMILES string of the molecule is C[C@H](CC/C=C/C(=O)O)[C@H](OC(=O)Nc1ccc(C#N)cc1)c1cc(Br)cc(Br)c1O. The van der Waals surface area contributed by atoms with E-state index < -0.39 is 18.2 Å². The van der Waals surface area contributed by atoms with Gasteiger partial charge in [0.1, 0.15) is 11.9 Å². The third-order valence-corrected chi connectivity index (χ3v) is 5.49. The van der Waals surface area contributed by atoms with Crippen LogP contribution < -0.4 is 5.32 Å². The second kappa shape index (κ2) is 11.5. The molecule has 2 rings (SSSR count). The van der Waals surface area contributed by atoms with E-state index in [0.29, 0.717) is 38.6 Å². The summed E-state index contributed by atoms with van der Waals surface area (Å²) in [6.07, 6.45) is 2.04. The van der Waals surface area contributed by atoms with Crippen LogP contribution in [0.5, 0.6) is 5.75 Å². The van der Waals surface area contributed by atoms with E-state index in [0.717, 1.165) is 6.08 Å². The Bertz CT molecular complexity index is 1020. The van der Waals surface area contributed by atoms with E-state index in [-0.39, 0.29) is 11.7 Å². The third-order valence-electron chi connectivity index (χ3n) is 4.42. The number of nitrogens with one attached hydrogen (secondary N) is 1. The zero-order chi connectivity index (χ0) is 23.0. The number of hydrogen-bond acceptors (Lipinski definition) is 5. The number of allylic oxidation sites excluding steroid dienone is 1. The second-order valence-electron chi connectivity index (χ2n) is 6.76. The molecule has 0 fully saturated rings. The number of benzene rings is 2. The molecule has 2 atom stereocenters. The van der Waals surface area contributed by atoms with Crippen LogP contribution in [-0.4, -0.2) is 22.3 Å². The molecule has 162 valence electrons. The minimum Gasteiger partial charge on any atom is -0.506 e. The number of nitrogens with zero attached hydrogens (tertiary/aromatic N) is 1. The van der Waals surface area contributed by atoms with Crippen molar-refractivity contribution in [3.05, 3.63) is 68.6 Å². The Hall–Kier alpha value is -2.83. The molecule has 31 heavy (non-hydrogen) atoms. The number of anilines is 1. The van der Waals surface area contributed by atoms with Gasteiger partial charge in [-0.3, -0.25) is 5.32 Å². The van der Waals surface area contributed by atoms with Gasteiger partial charge in [0.15, 0.2) is 0 Å². The highest BCUT2D eigenvalue weighted by atomic mass is 79.9. The van der Waals surface area contributed by atoms with Gasteiger partial charge in [0.25, 0.3) is 0 Å². The molecule has 2 aromatic carbocycles. The molecule has 3 N–H and O–H groups in total. The molecule has 0 aliphatic heterocycles. The lowest BCUT2D eigenvalue weighted by atomic mass is 9.92. The summed E-state index contributed by atoms with van der Waals surface area (Å²) in [4.78, 5) is 23.2. The molecule has 0 saturated carbocycles. The number of carbonyl (C=O) groups excluding carboxylic acids is 1. The fourth-order valence-electron chi connectivity index (χ4n) is 2.87. The molecule has 0 bridgehead atoms. The number of carboxylic acid groups (broad SMARTS) is 1. The summed E-state index contributed by atoms with van der Waals surface area (Å²) in [5, 5.41) is 30.8. The molecule has 0 saturated heterocycles. The summed E-state index contributed by atoms with van der Waals surface area (Å²) in [6, 6.07) is 11.7. The van der Waals surface area contributed by atoms with Crippen molar-refractivity contribution in [2.45, 2.75) is 25.9 Å². The molecule has 0 aliphatic carbocycles. The van der Waals surface area contributed by atoms with Crippen molar-refractivity contribution < 1.29 is 24.5 Å². The number of hydrogen-bond donors (Lipinski definition) is 3. The number of rotatable bonds is 8. The van der Waals surface area contributed by atoms with E-state index in [1.807, 2.05) is 13.0 Å². The predicted molar refractivity (Wildman–Crippen MR) is 123 cm³/mol. The maximum atomic E-state index is 12.6. The first kappa shape index (κ1) is 24.4. The number of nitriles is 1. The van der Waals surface area contributed by atoms with Gasteiger partial charge in [-0.05, 0) is 71.1 Å². The lowest BCUT2D eigenvalue weighted by Gasteiger charge is -2.26. The molecule has 2 aromatic rings. The topological polar surface area (TPSA) is 120 Å². The van der Waals surface area contributed by atoms with Crippen molar-refractivity contribution in [2.24, 2.45) is 5.92 Å². The molecule has 1 amide bonds. The molecule has 9 heteroatoms.